The number of hydrogen-bond donors (Lipinski definition) is 2. The van der Waals surface area contributed by atoms with Crippen molar-refractivity contribution in [3.63, 3.8) is 0 Å². The quantitative estimate of drug-likeness (QED) is 0.685. The highest BCUT2D eigenvalue weighted by Crippen LogP contribution is 2.18. The Morgan fingerprint density at radius 3 is 3.04 bits per heavy atom. The van der Waals surface area contributed by atoms with E-state index in [9.17, 15) is 9.59 Å². The third-order valence-corrected chi connectivity index (χ3v) is 5.70. The van der Waals surface area contributed by atoms with Crippen LogP contribution in [0.2, 0.25) is 0 Å². The molecule has 2 aromatic rings. The lowest BCUT2D eigenvalue weighted by atomic mass is 9.98. The predicted molar refractivity (Wildman–Crippen MR) is 114 cm³/mol. The minimum atomic E-state index is -0.105. The molecule has 1 aromatic carbocycles. The second kappa shape index (κ2) is 10.7. The first-order chi connectivity index (χ1) is 12.7. The first kappa shape index (κ1) is 21.7. The molecule has 1 aliphatic heterocycles. The SMILES string of the molecule is CNCC1CCCN(C(=O)CCSCc2nc3ccccc3c(=O)[nH]2)C1.Cl. The van der Waals surface area contributed by atoms with Gasteiger partial charge in [0.15, 0.2) is 0 Å². The number of benzene rings is 1. The van der Waals surface area contributed by atoms with Crippen molar-refractivity contribution >= 4 is 41.0 Å². The zero-order valence-electron chi connectivity index (χ0n) is 15.6. The summed E-state index contributed by atoms with van der Waals surface area (Å²) in [7, 11) is 1.96. The summed E-state index contributed by atoms with van der Waals surface area (Å²) in [5.41, 5.74) is 0.609. The van der Waals surface area contributed by atoms with Gasteiger partial charge >= 0.3 is 0 Å². The molecule has 0 bridgehead atoms. The normalized spacial score (nSPS) is 16.9. The van der Waals surface area contributed by atoms with Crippen molar-refractivity contribution in [3.05, 3.63) is 40.4 Å². The van der Waals surface area contributed by atoms with Gasteiger partial charge in [0.25, 0.3) is 5.56 Å². The van der Waals surface area contributed by atoms with Crippen LogP contribution >= 0.6 is 24.2 Å². The van der Waals surface area contributed by atoms with Gasteiger partial charge in [-0.2, -0.15) is 11.8 Å². The average molecular weight is 411 g/mol. The number of nitrogens with zero attached hydrogens (tertiary/aromatic N) is 2. The standard InChI is InChI=1S/C19H26N4O2S.ClH/c1-20-11-14-5-4-9-23(12-14)18(24)8-10-26-13-17-21-16-7-3-2-6-15(16)19(25)22-17;/h2-3,6-7,14,20H,4-5,8-13H2,1H3,(H,21,22,25);1H. The van der Waals surface area contributed by atoms with Crippen molar-refractivity contribution in [2.45, 2.75) is 25.0 Å². The van der Waals surface area contributed by atoms with Crippen LogP contribution in [0.1, 0.15) is 25.1 Å². The van der Waals surface area contributed by atoms with E-state index in [0.29, 0.717) is 34.8 Å². The molecule has 0 aliphatic carbocycles. The summed E-state index contributed by atoms with van der Waals surface area (Å²) < 4.78 is 0. The molecule has 1 aromatic heterocycles. The molecule has 6 nitrogen and oxygen atoms in total. The summed E-state index contributed by atoms with van der Waals surface area (Å²) in [6.07, 6.45) is 2.82. The van der Waals surface area contributed by atoms with Crippen LogP contribution in [0.25, 0.3) is 10.9 Å². The Balaban J connectivity index is 0.00000261. The van der Waals surface area contributed by atoms with Crippen LogP contribution in [0.3, 0.4) is 0 Å². The number of para-hydroxylation sites is 1. The van der Waals surface area contributed by atoms with Gasteiger partial charge in [-0.1, -0.05) is 12.1 Å². The maximum absolute atomic E-state index is 12.4. The van der Waals surface area contributed by atoms with Crippen molar-refractivity contribution in [1.82, 2.24) is 20.2 Å². The Morgan fingerprint density at radius 2 is 2.22 bits per heavy atom. The Hall–Kier alpha value is -1.57. The highest BCUT2D eigenvalue weighted by molar-refractivity contribution is 7.98. The van der Waals surface area contributed by atoms with Crippen molar-refractivity contribution in [3.8, 4) is 0 Å². The van der Waals surface area contributed by atoms with E-state index in [-0.39, 0.29) is 23.9 Å². The second-order valence-corrected chi connectivity index (χ2v) is 7.84. The van der Waals surface area contributed by atoms with Gasteiger partial charge in [0.05, 0.1) is 16.7 Å². The summed E-state index contributed by atoms with van der Waals surface area (Å²) in [5.74, 6) is 2.81. The number of piperidine rings is 1. The molecule has 1 unspecified atom stereocenters. The van der Waals surface area contributed by atoms with Gasteiger partial charge in [0.2, 0.25) is 5.91 Å². The number of rotatable bonds is 7. The largest absolute Gasteiger partial charge is 0.342 e. The fourth-order valence-electron chi connectivity index (χ4n) is 3.44. The number of likely N-dealkylation sites (tertiary alicyclic amines) is 1. The molecule has 1 atom stereocenters. The minimum Gasteiger partial charge on any atom is -0.342 e. The Kier molecular flexibility index (Phi) is 8.60. The second-order valence-electron chi connectivity index (χ2n) is 6.74. The van der Waals surface area contributed by atoms with Gasteiger partial charge in [0.1, 0.15) is 5.82 Å². The first-order valence-corrected chi connectivity index (χ1v) is 10.3. The zero-order valence-corrected chi connectivity index (χ0v) is 17.2. The number of thioether (sulfide) groups is 1. The van der Waals surface area contributed by atoms with E-state index in [1.54, 1.807) is 17.8 Å². The number of hydrogen-bond acceptors (Lipinski definition) is 5. The molecular weight excluding hydrogens is 384 g/mol. The third kappa shape index (κ3) is 5.96. The zero-order chi connectivity index (χ0) is 18.4. The Bertz CT molecular complexity index is 812. The van der Waals surface area contributed by atoms with Crippen LogP contribution in [-0.4, -0.2) is 53.2 Å². The number of halogens is 1. The first-order valence-electron chi connectivity index (χ1n) is 9.15. The summed E-state index contributed by atoms with van der Waals surface area (Å²) >= 11 is 1.63. The minimum absolute atomic E-state index is 0. The van der Waals surface area contributed by atoms with E-state index in [2.05, 4.69) is 15.3 Å². The number of amides is 1. The van der Waals surface area contributed by atoms with E-state index >= 15 is 0 Å². The molecule has 1 aliphatic rings. The van der Waals surface area contributed by atoms with E-state index < -0.39 is 0 Å². The molecule has 27 heavy (non-hydrogen) atoms. The molecule has 148 valence electrons. The van der Waals surface area contributed by atoms with Crippen molar-refractivity contribution in [2.75, 3.05) is 32.4 Å². The van der Waals surface area contributed by atoms with Crippen molar-refractivity contribution in [2.24, 2.45) is 5.92 Å². The summed E-state index contributed by atoms with van der Waals surface area (Å²) in [4.78, 5) is 33.8. The van der Waals surface area contributed by atoms with Crippen LogP contribution < -0.4 is 10.9 Å². The smallest absolute Gasteiger partial charge is 0.258 e. The highest BCUT2D eigenvalue weighted by Gasteiger charge is 2.22. The summed E-state index contributed by atoms with van der Waals surface area (Å²) in [6, 6.07) is 7.34. The molecule has 3 rings (SSSR count). The monoisotopic (exact) mass is 410 g/mol. The number of H-pyrrole nitrogens is 1. The molecule has 8 heteroatoms. The molecule has 1 saturated heterocycles. The maximum atomic E-state index is 12.4. The molecule has 2 N–H and O–H groups in total. The van der Waals surface area contributed by atoms with Gasteiger partial charge in [-0.05, 0) is 44.5 Å². The van der Waals surface area contributed by atoms with Crippen LogP contribution in [-0.2, 0) is 10.5 Å². The fourth-order valence-corrected chi connectivity index (χ4v) is 4.23. The van der Waals surface area contributed by atoms with Gasteiger partial charge in [-0.25, -0.2) is 4.98 Å². The lowest BCUT2D eigenvalue weighted by molar-refractivity contribution is -0.132. The number of fused-ring (bicyclic) bond motifs is 1. The summed E-state index contributed by atoms with van der Waals surface area (Å²) in [6.45, 7) is 2.71. The Morgan fingerprint density at radius 1 is 1.41 bits per heavy atom. The predicted octanol–water partition coefficient (Wildman–Crippen LogP) is 2.43. The molecule has 0 spiro atoms. The van der Waals surface area contributed by atoms with Gasteiger partial charge in [0, 0.05) is 25.3 Å². The Labute approximate surface area is 169 Å². The van der Waals surface area contributed by atoms with Crippen LogP contribution in [0.5, 0.6) is 0 Å². The van der Waals surface area contributed by atoms with E-state index in [1.165, 1.54) is 6.42 Å². The van der Waals surface area contributed by atoms with Crippen molar-refractivity contribution < 1.29 is 4.79 Å². The molecule has 0 saturated carbocycles. The number of carbonyl (C=O) groups is 1. The number of aromatic nitrogens is 2. The molecule has 1 amide bonds. The molecule has 0 radical (unpaired) electrons. The molecular formula is C19H27ClN4O2S. The topological polar surface area (TPSA) is 78.1 Å². The lowest BCUT2D eigenvalue weighted by Gasteiger charge is -2.32. The van der Waals surface area contributed by atoms with E-state index in [4.69, 9.17) is 0 Å². The van der Waals surface area contributed by atoms with Crippen LogP contribution in [0, 0.1) is 5.92 Å². The molecule has 1 fully saturated rings. The van der Waals surface area contributed by atoms with Crippen LogP contribution in [0.15, 0.2) is 29.1 Å². The van der Waals surface area contributed by atoms with E-state index in [1.807, 2.05) is 30.1 Å². The van der Waals surface area contributed by atoms with Crippen molar-refractivity contribution in [1.29, 1.82) is 0 Å². The third-order valence-electron chi connectivity index (χ3n) is 4.73. The average Bonchev–Trinajstić information content (AvgIpc) is 2.66. The lowest BCUT2D eigenvalue weighted by Crippen LogP contribution is -2.42. The summed E-state index contributed by atoms with van der Waals surface area (Å²) in [5, 5.41) is 3.82. The highest BCUT2D eigenvalue weighted by atomic mass is 35.5. The molecule has 2 heterocycles. The number of carbonyl (C=O) groups excluding carboxylic acids is 1. The number of aromatic amines is 1. The van der Waals surface area contributed by atoms with Gasteiger partial charge < -0.3 is 15.2 Å². The fraction of sp³-hybridized carbons (Fsp3) is 0.526. The number of nitrogens with one attached hydrogen (secondary N) is 2. The van der Waals surface area contributed by atoms with Gasteiger partial charge in [-0.15, -0.1) is 12.4 Å². The van der Waals surface area contributed by atoms with Crippen LogP contribution in [0.4, 0.5) is 0 Å². The van der Waals surface area contributed by atoms with E-state index in [0.717, 1.165) is 31.8 Å². The van der Waals surface area contributed by atoms with Gasteiger partial charge in [-0.3, -0.25) is 9.59 Å². The maximum Gasteiger partial charge on any atom is 0.258 e.